The van der Waals surface area contributed by atoms with Crippen LogP contribution < -0.4 is 11.5 Å². The van der Waals surface area contributed by atoms with E-state index >= 15 is 0 Å². The number of hydrogen-bond acceptors (Lipinski definition) is 4. The van der Waals surface area contributed by atoms with Crippen molar-refractivity contribution in [2.75, 3.05) is 11.5 Å². The lowest BCUT2D eigenvalue weighted by molar-refractivity contribution is 0.0681. The Morgan fingerprint density at radius 1 is 0.538 bits per heavy atom. The fourth-order valence-corrected chi connectivity index (χ4v) is 1.66. The zero-order chi connectivity index (χ0) is 19.4. The summed E-state index contributed by atoms with van der Waals surface area (Å²) in [5.41, 5.74) is 12.5. The van der Waals surface area contributed by atoms with Gasteiger partial charge >= 0.3 is 11.9 Å². The number of para-hydroxylation sites is 2. The second kappa shape index (κ2) is 10.9. The Morgan fingerprint density at radius 2 is 0.808 bits per heavy atom. The van der Waals surface area contributed by atoms with Crippen molar-refractivity contribution in [3.05, 3.63) is 96.1 Å². The Hall–Kier alpha value is -3.80. The van der Waals surface area contributed by atoms with Gasteiger partial charge in [-0.25, -0.2) is 9.59 Å². The summed E-state index contributed by atoms with van der Waals surface area (Å²) in [6.07, 6.45) is 0. The molecular formula is C20H20N2O4. The lowest BCUT2D eigenvalue weighted by Gasteiger charge is -1.94. The zero-order valence-corrected chi connectivity index (χ0v) is 13.9. The first-order valence-electron chi connectivity index (χ1n) is 7.58. The highest BCUT2D eigenvalue weighted by atomic mass is 16.4. The average Bonchev–Trinajstić information content (AvgIpc) is 2.64. The zero-order valence-electron chi connectivity index (χ0n) is 13.9. The summed E-state index contributed by atoms with van der Waals surface area (Å²) in [6, 6.07) is 24.0. The molecule has 0 radical (unpaired) electrons. The van der Waals surface area contributed by atoms with Crippen molar-refractivity contribution in [2.24, 2.45) is 0 Å². The number of carbonyl (C=O) groups is 2. The van der Waals surface area contributed by atoms with E-state index in [4.69, 9.17) is 21.7 Å². The van der Waals surface area contributed by atoms with Crippen LogP contribution in [0.25, 0.3) is 0 Å². The van der Waals surface area contributed by atoms with Crippen LogP contribution in [0.15, 0.2) is 84.9 Å². The molecule has 0 atom stereocenters. The Bertz CT molecular complexity index is 734. The van der Waals surface area contributed by atoms with Gasteiger partial charge in [0.05, 0.1) is 11.1 Å². The van der Waals surface area contributed by atoms with E-state index in [-0.39, 0.29) is 11.1 Å². The first kappa shape index (κ1) is 20.2. The summed E-state index contributed by atoms with van der Waals surface area (Å²) < 4.78 is 0. The molecule has 0 spiro atoms. The van der Waals surface area contributed by atoms with Gasteiger partial charge in [0.1, 0.15) is 0 Å². The van der Waals surface area contributed by atoms with Gasteiger partial charge in [0.15, 0.2) is 0 Å². The van der Waals surface area contributed by atoms with Crippen LogP contribution in [0.1, 0.15) is 20.7 Å². The van der Waals surface area contributed by atoms with Crippen LogP contribution in [0.3, 0.4) is 0 Å². The Balaban J connectivity index is 0.000000207. The molecule has 6 N–H and O–H groups in total. The van der Waals surface area contributed by atoms with Crippen molar-refractivity contribution in [2.45, 2.75) is 0 Å². The first-order valence-corrected chi connectivity index (χ1v) is 7.58. The van der Waals surface area contributed by atoms with Gasteiger partial charge in [-0.05, 0) is 48.5 Å². The highest BCUT2D eigenvalue weighted by Crippen LogP contribution is 2.03. The second-order valence-electron chi connectivity index (χ2n) is 5.01. The second-order valence-corrected chi connectivity index (χ2v) is 5.01. The maximum Gasteiger partial charge on any atom is 0.335 e. The number of aromatic carboxylic acids is 2. The van der Waals surface area contributed by atoms with E-state index in [9.17, 15) is 9.59 Å². The molecule has 0 aliphatic rings. The van der Waals surface area contributed by atoms with Gasteiger partial charge in [0.2, 0.25) is 0 Å². The highest BCUT2D eigenvalue weighted by Gasteiger charge is 2.04. The Kier molecular flexibility index (Phi) is 8.47. The van der Waals surface area contributed by atoms with Crippen molar-refractivity contribution < 1.29 is 19.8 Å². The SMILES string of the molecule is Nc1ccccc1.Nc1ccccc1.O=C(O)c1ccc(C(=O)O)cc1. The van der Waals surface area contributed by atoms with E-state index in [1.165, 1.54) is 24.3 Å². The lowest BCUT2D eigenvalue weighted by Crippen LogP contribution is -1.99. The van der Waals surface area contributed by atoms with Crippen molar-refractivity contribution in [3.63, 3.8) is 0 Å². The van der Waals surface area contributed by atoms with Crippen molar-refractivity contribution in [3.8, 4) is 0 Å². The maximum atomic E-state index is 10.3. The summed E-state index contributed by atoms with van der Waals surface area (Å²) in [6.45, 7) is 0. The lowest BCUT2D eigenvalue weighted by atomic mass is 10.1. The van der Waals surface area contributed by atoms with E-state index in [0.717, 1.165) is 11.4 Å². The van der Waals surface area contributed by atoms with Gasteiger partial charge < -0.3 is 21.7 Å². The molecule has 6 heteroatoms. The maximum absolute atomic E-state index is 10.3. The summed E-state index contributed by atoms with van der Waals surface area (Å²) in [7, 11) is 0. The largest absolute Gasteiger partial charge is 0.478 e. The molecule has 26 heavy (non-hydrogen) atoms. The van der Waals surface area contributed by atoms with Crippen molar-refractivity contribution >= 4 is 23.3 Å². The predicted molar refractivity (Wildman–Crippen MR) is 102 cm³/mol. The molecule has 3 rings (SSSR count). The Morgan fingerprint density at radius 3 is 0.962 bits per heavy atom. The van der Waals surface area contributed by atoms with E-state index in [1.807, 2.05) is 60.7 Å². The highest BCUT2D eigenvalue weighted by molar-refractivity contribution is 5.91. The van der Waals surface area contributed by atoms with Crippen LogP contribution in [0, 0.1) is 0 Å². The Labute approximate surface area is 151 Å². The van der Waals surface area contributed by atoms with Crippen LogP contribution in [0.5, 0.6) is 0 Å². The van der Waals surface area contributed by atoms with E-state index < -0.39 is 11.9 Å². The number of nitrogen functional groups attached to an aromatic ring is 2. The average molecular weight is 352 g/mol. The van der Waals surface area contributed by atoms with Crippen LogP contribution in [-0.2, 0) is 0 Å². The molecule has 3 aromatic carbocycles. The molecule has 0 unspecified atom stereocenters. The molecule has 0 saturated heterocycles. The minimum Gasteiger partial charge on any atom is -0.478 e. The van der Waals surface area contributed by atoms with Gasteiger partial charge in [-0.15, -0.1) is 0 Å². The molecule has 0 amide bonds. The smallest absolute Gasteiger partial charge is 0.335 e. The standard InChI is InChI=1S/C8H6O4.2C6H7N/c9-7(10)5-1-2-6(4-3-5)8(11)12;2*7-6-4-2-1-3-5-6/h1-4H,(H,9,10)(H,11,12);2*1-5H,7H2. The predicted octanol–water partition coefficient (Wildman–Crippen LogP) is 3.62. The number of anilines is 2. The first-order chi connectivity index (χ1) is 12.4. The van der Waals surface area contributed by atoms with Crippen LogP contribution >= 0.6 is 0 Å². The number of hydrogen-bond donors (Lipinski definition) is 4. The third-order valence-corrected chi connectivity index (χ3v) is 2.98. The van der Waals surface area contributed by atoms with Crippen LogP contribution in [0.4, 0.5) is 11.4 Å². The fourth-order valence-electron chi connectivity index (χ4n) is 1.66. The van der Waals surface area contributed by atoms with E-state index in [0.29, 0.717) is 0 Å². The number of benzene rings is 3. The molecule has 0 heterocycles. The quantitative estimate of drug-likeness (QED) is 0.522. The third-order valence-electron chi connectivity index (χ3n) is 2.98. The molecule has 3 aromatic rings. The summed E-state index contributed by atoms with van der Waals surface area (Å²) in [4.78, 5) is 20.7. The summed E-state index contributed by atoms with van der Waals surface area (Å²) in [5, 5.41) is 16.9. The number of carboxylic acid groups (broad SMARTS) is 2. The van der Waals surface area contributed by atoms with E-state index in [2.05, 4.69) is 0 Å². The van der Waals surface area contributed by atoms with Crippen LogP contribution in [-0.4, -0.2) is 22.2 Å². The van der Waals surface area contributed by atoms with Crippen LogP contribution in [0.2, 0.25) is 0 Å². The number of rotatable bonds is 2. The third kappa shape index (κ3) is 8.16. The van der Waals surface area contributed by atoms with Gasteiger partial charge in [0.25, 0.3) is 0 Å². The van der Waals surface area contributed by atoms with Gasteiger partial charge in [-0.3, -0.25) is 0 Å². The molecule has 0 saturated carbocycles. The normalized spacial score (nSPS) is 8.92. The van der Waals surface area contributed by atoms with Crippen molar-refractivity contribution in [1.29, 1.82) is 0 Å². The number of carboxylic acids is 2. The monoisotopic (exact) mass is 352 g/mol. The summed E-state index contributed by atoms with van der Waals surface area (Å²) in [5.74, 6) is -2.13. The molecule has 0 fully saturated rings. The molecule has 6 nitrogen and oxygen atoms in total. The minimum atomic E-state index is -1.06. The molecule has 0 aromatic heterocycles. The van der Waals surface area contributed by atoms with Gasteiger partial charge in [-0.2, -0.15) is 0 Å². The molecule has 0 aliphatic heterocycles. The van der Waals surface area contributed by atoms with Crippen molar-refractivity contribution in [1.82, 2.24) is 0 Å². The minimum absolute atomic E-state index is 0.0833. The summed E-state index contributed by atoms with van der Waals surface area (Å²) >= 11 is 0. The molecular weight excluding hydrogens is 332 g/mol. The topological polar surface area (TPSA) is 127 Å². The van der Waals surface area contributed by atoms with Gasteiger partial charge in [0, 0.05) is 11.4 Å². The van der Waals surface area contributed by atoms with E-state index in [1.54, 1.807) is 0 Å². The molecule has 0 aliphatic carbocycles. The molecule has 134 valence electrons. The number of nitrogens with two attached hydrogens (primary N) is 2. The molecule has 0 bridgehead atoms. The fraction of sp³-hybridized carbons (Fsp3) is 0. The van der Waals surface area contributed by atoms with Gasteiger partial charge in [-0.1, -0.05) is 36.4 Å².